The van der Waals surface area contributed by atoms with Crippen LogP contribution in [0.3, 0.4) is 0 Å². The molecule has 1 aliphatic rings. The van der Waals surface area contributed by atoms with Crippen LogP contribution in [0.1, 0.15) is 35.9 Å². The SMILES string of the molecule is CCn1ccnc1CNc1ccc(C(=O)N2CCC(Cn3cccn3)CC2)cn1. The van der Waals surface area contributed by atoms with Gasteiger partial charge in [-0.2, -0.15) is 5.10 Å². The highest BCUT2D eigenvalue weighted by atomic mass is 16.2. The summed E-state index contributed by atoms with van der Waals surface area (Å²) in [6.07, 6.45) is 11.2. The average Bonchev–Trinajstić information content (AvgIpc) is 3.44. The van der Waals surface area contributed by atoms with E-state index in [-0.39, 0.29) is 5.91 Å². The molecule has 3 aromatic rings. The van der Waals surface area contributed by atoms with E-state index in [1.807, 2.05) is 46.4 Å². The van der Waals surface area contributed by atoms with Crippen molar-refractivity contribution in [2.45, 2.75) is 39.4 Å². The lowest BCUT2D eigenvalue weighted by Crippen LogP contribution is -2.39. The van der Waals surface area contributed by atoms with E-state index in [9.17, 15) is 4.79 Å². The first kappa shape index (κ1) is 19.2. The van der Waals surface area contributed by atoms with Gasteiger partial charge < -0.3 is 14.8 Å². The lowest BCUT2D eigenvalue weighted by molar-refractivity contribution is 0.0681. The summed E-state index contributed by atoms with van der Waals surface area (Å²) in [5.74, 6) is 2.33. The fourth-order valence-corrected chi connectivity index (χ4v) is 3.76. The van der Waals surface area contributed by atoms with Gasteiger partial charge in [0.1, 0.15) is 11.6 Å². The van der Waals surface area contributed by atoms with Crippen molar-refractivity contribution in [3.05, 3.63) is 60.6 Å². The van der Waals surface area contributed by atoms with Crippen molar-refractivity contribution in [1.29, 1.82) is 0 Å². The first-order valence-electron chi connectivity index (χ1n) is 10.2. The summed E-state index contributed by atoms with van der Waals surface area (Å²) in [4.78, 5) is 23.5. The van der Waals surface area contributed by atoms with Gasteiger partial charge in [-0.3, -0.25) is 9.48 Å². The van der Waals surface area contributed by atoms with Gasteiger partial charge in [0.05, 0.1) is 12.1 Å². The number of nitrogens with zero attached hydrogens (tertiary/aromatic N) is 6. The Kier molecular flexibility index (Phi) is 5.88. The second-order valence-corrected chi connectivity index (χ2v) is 7.38. The number of carbonyl (C=O) groups excluding carboxylic acids is 1. The predicted octanol–water partition coefficient (Wildman–Crippen LogP) is 2.66. The molecule has 1 saturated heterocycles. The maximum absolute atomic E-state index is 12.8. The highest BCUT2D eigenvalue weighted by Gasteiger charge is 2.24. The third-order valence-electron chi connectivity index (χ3n) is 5.49. The Bertz CT molecular complexity index is 909. The van der Waals surface area contributed by atoms with Gasteiger partial charge in [-0.05, 0) is 43.9 Å². The van der Waals surface area contributed by atoms with E-state index in [2.05, 4.69) is 31.9 Å². The van der Waals surface area contributed by atoms with Gasteiger partial charge in [-0.1, -0.05) is 0 Å². The van der Waals surface area contributed by atoms with E-state index in [1.54, 1.807) is 12.4 Å². The fraction of sp³-hybridized carbons (Fsp3) is 0.429. The zero-order valence-electron chi connectivity index (χ0n) is 16.7. The molecule has 152 valence electrons. The number of imidazole rings is 1. The summed E-state index contributed by atoms with van der Waals surface area (Å²) in [6.45, 7) is 6.06. The van der Waals surface area contributed by atoms with Crippen molar-refractivity contribution in [3.8, 4) is 0 Å². The van der Waals surface area contributed by atoms with Crippen LogP contribution >= 0.6 is 0 Å². The normalized spacial score (nSPS) is 14.9. The molecule has 1 N–H and O–H groups in total. The Morgan fingerprint density at radius 1 is 1.17 bits per heavy atom. The fourth-order valence-electron chi connectivity index (χ4n) is 3.76. The van der Waals surface area contributed by atoms with Crippen LogP contribution in [0, 0.1) is 5.92 Å². The molecule has 29 heavy (non-hydrogen) atoms. The quantitative estimate of drug-likeness (QED) is 0.667. The Morgan fingerprint density at radius 3 is 2.72 bits per heavy atom. The Hall–Kier alpha value is -3.16. The number of aryl methyl sites for hydroxylation is 1. The summed E-state index contributed by atoms with van der Waals surface area (Å²) in [7, 11) is 0. The van der Waals surface area contributed by atoms with Gasteiger partial charge >= 0.3 is 0 Å². The molecule has 0 unspecified atom stereocenters. The number of pyridine rings is 1. The number of amides is 1. The number of carbonyl (C=O) groups is 1. The molecule has 4 rings (SSSR count). The van der Waals surface area contributed by atoms with Crippen molar-refractivity contribution < 1.29 is 4.79 Å². The van der Waals surface area contributed by atoms with E-state index in [4.69, 9.17) is 0 Å². The lowest BCUT2D eigenvalue weighted by Gasteiger charge is -2.32. The van der Waals surface area contributed by atoms with Gasteiger partial charge in [0.15, 0.2) is 0 Å². The summed E-state index contributed by atoms with van der Waals surface area (Å²) in [5.41, 5.74) is 0.635. The van der Waals surface area contributed by atoms with Crippen molar-refractivity contribution in [3.63, 3.8) is 0 Å². The van der Waals surface area contributed by atoms with Crippen LogP contribution in [0.4, 0.5) is 5.82 Å². The predicted molar refractivity (Wildman–Crippen MR) is 110 cm³/mol. The number of hydrogen-bond donors (Lipinski definition) is 1. The monoisotopic (exact) mass is 393 g/mol. The van der Waals surface area contributed by atoms with Crippen LogP contribution in [0.2, 0.25) is 0 Å². The first-order valence-corrected chi connectivity index (χ1v) is 10.2. The number of hydrogen-bond acceptors (Lipinski definition) is 5. The molecular weight excluding hydrogens is 366 g/mol. The van der Waals surface area contributed by atoms with Crippen LogP contribution < -0.4 is 5.32 Å². The van der Waals surface area contributed by atoms with Gasteiger partial charge in [0.2, 0.25) is 0 Å². The van der Waals surface area contributed by atoms with E-state index < -0.39 is 0 Å². The Morgan fingerprint density at radius 2 is 2.03 bits per heavy atom. The zero-order chi connectivity index (χ0) is 20.1. The number of piperidine rings is 1. The summed E-state index contributed by atoms with van der Waals surface area (Å²) >= 11 is 0. The third kappa shape index (κ3) is 4.64. The number of likely N-dealkylation sites (tertiary alicyclic amines) is 1. The van der Waals surface area contributed by atoms with Crippen LogP contribution in [0.25, 0.3) is 0 Å². The van der Waals surface area contributed by atoms with E-state index in [0.29, 0.717) is 18.0 Å². The molecule has 8 nitrogen and oxygen atoms in total. The minimum Gasteiger partial charge on any atom is -0.363 e. The molecular formula is C21H27N7O. The molecule has 1 aliphatic heterocycles. The average molecular weight is 393 g/mol. The highest BCUT2D eigenvalue weighted by molar-refractivity contribution is 5.94. The summed E-state index contributed by atoms with van der Waals surface area (Å²) in [5, 5.41) is 7.54. The lowest BCUT2D eigenvalue weighted by atomic mass is 9.96. The molecule has 0 aliphatic carbocycles. The standard InChI is InChI=1S/C21H27N7O/c1-2-26-13-9-22-20(26)15-24-19-5-4-18(14-23-19)21(29)27-11-6-17(7-12-27)16-28-10-3-8-25-28/h3-5,8-10,13-14,17H,2,6-7,11-12,15-16H2,1H3,(H,23,24). The molecule has 0 saturated carbocycles. The zero-order valence-corrected chi connectivity index (χ0v) is 16.7. The van der Waals surface area contributed by atoms with E-state index in [0.717, 1.165) is 50.7 Å². The van der Waals surface area contributed by atoms with Gasteiger partial charge in [-0.15, -0.1) is 0 Å². The molecule has 8 heteroatoms. The second-order valence-electron chi connectivity index (χ2n) is 7.38. The third-order valence-corrected chi connectivity index (χ3v) is 5.49. The van der Waals surface area contributed by atoms with Crippen molar-refractivity contribution >= 4 is 11.7 Å². The first-order chi connectivity index (χ1) is 14.2. The number of rotatable bonds is 7. The van der Waals surface area contributed by atoms with Gasteiger partial charge in [0.25, 0.3) is 5.91 Å². The Balaban J connectivity index is 1.28. The van der Waals surface area contributed by atoms with E-state index >= 15 is 0 Å². The molecule has 0 radical (unpaired) electrons. The number of nitrogens with one attached hydrogen (secondary N) is 1. The number of anilines is 1. The molecule has 4 heterocycles. The summed E-state index contributed by atoms with van der Waals surface area (Å²) < 4.78 is 4.06. The Labute approximate surface area is 170 Å². The molecule has 0 bridgehead atoms. The minimum absolute atomic E-state index is 0.0584. The highest BCUT2D eigenvalue weighted by Crippen LogP contribution is 2.20. The maximum atomic E-state index is 12.8. The molecule has 0 atom stereocenters. The molecule has 1 amide bonds. The van der Waals surface area contributed by atoms with E-state index in [1.165, 1.54) is 0 Å². The van der Waals surface area contributed by atoms with Crippen LogP contribution in [0.5, 0.6) is 0 Å². The molecule has 1 fully saturated rings. The molecule has 0 spiro atoms. The van der Waals surface area contributed by atoms with Crippen molar-refractivity contribution in [1.82, 2.24) is 29.2 Å². The van der Waals surface area contributed by atoms with Gasteiger partial charge in [-0.25, -0.2) is 9.97 Å². The van der Waals surface area contributed by atoms with Crippen molar-refractivity contribution in [2.75, 3.05) is 18.4 Å². The maximum Gasteiger partial charge on any atom is 0.255 e. The topological polar surface area (TPSA) is 80.9 Å². The summed E-state index contributed by atoms with van der Waals surface area (Å²) in [6, 6.07) is 5.65. The molecule has 3 aromatic heterocycles. The second kappa shape index (κ2) is 8.89. The van der Waals surface area contributed by atoms with Gasteiger partial charge in [0, 0.05) is 57.2 Å². The van der Waals surface area contributed by atoms with Crippen LogP contribution in [0.15, 0.2) is 49.2 Å². The van der Waals surface area contributed by atoms with Crippen LogP contribution in [-0.4, -0.2) is 48.2 Å². The largest absolute Gasteiger partial charge is 0.363 e. The van der Waals surface area contributed by atoms with Crippen molar-refractivity contribution in [2.24, 2.45) is 5.92 Å². The minimum atomic E-state index is 0.0584. The molecule has 0 aromatic carbocycles. The van der Waals surface area contributed by atoms with Crippen LogP contribution in [-0.2, 0) is 19.6 Å². The smallest absolute Gasteiger partial charge is 0.255 e. The number of aromatic nitrogens is 5.